The molecule has 1 aromatic heterocycles. The molecule has 14 nitrogen and oxygen atoms in total. The van der Waals surface area contributed by atoms with Crippen LogP contribution in [0.3, 0.4) is 0 Å². The SMILES string of the molecule is Cc1[nH]c(/C=C2\C(=O)N(C)c3ccc(F)cc32)c(C)c1C(=O)NCCOCCOCCNc1cccc2c1C(=O)N(C1CCC(=O)N(C)C1=O)C2=O. The molecule has 3 aliphatic heterocycles. The first kappa shape index (κ1) is 36.1. The molecule has 0 radical (unpaired) electrons. The number of carbonyl (C=O) groups is 6. The third-order valence-electron chi connectivity index (χ3n) is 9.48. The molecule has 15 heteroatoms. The average molecular weight is 715 g/mol. The summed E-state index contributed by atoms with van der Waals surface area (Å²) in [5, 5.41) is 5.97. The van der Waals surface area contributed by atoms with E-state index in [9.17, 15) is 33.2 Å². The zero-order valence-corrected chi connectivity index (χ0v) is 29.3. The number of amides is 6. The predicted molar refractivity (Wildman–Crippen MR) is 188 cm³/mol. The number of anilines is 2. The van der Waals surface area contributed by atoms with Gasteiger partial charge in [-0.3, -0.25) is 38.6 Å². The monoisotopic (exact) mass is 714 g/mol. The van der Waals surface area contributed by atoms with Crippen LogP contribution in [0.2, 0.25) is 0 Å². The van der Waals surface area contributed by atoms with Gasteiger partial charge in [-0.2, -0.15) is 0 Å². The second kappa shape index (κ2) is 14.9. The maximum atomic E-state index is 14.0. The Labute approximate surface area is 298 Å². The molecule has 6 amide bonds. The Morgan fingerprint density at radius 2 is 1.65 bits per heavy atom. The van der Waals surface area contributed by atoms with Gasteiger partial charge < -0.3 is 30.0 Å². The van der Waals surface area contributed by atoms with Crippen molar-refractivity contribution < 1.29 is 42.6 Å². The van der Waals surface area contributed by atoms with Crippen molar-refractivity contribution in [3.63, 3.8) is 0 Å². The molecule has 1 fully saturated rings. The number of likely N-dealkylation sites (tertiary alicyclic amines) is 1. The van der Waals surface area contributed by atoms with Gasteiger partial charge in [0, 0.05) is 56.2 Å². The fraction of sp³-hybridized carbons (Fsp3) is 0.351. The largest absolute Gasteiger partial charge is 0.382 e. The van der Waals surface area contributed by atoms with E-state index in [1.165, 1.54) is 30.1 Å². The number of piperidine rings is 1. The van der Waals surface area contributed by atoms with Gasteiger partial charge >= 0.3 is 0 Å². The van der Waals surface area contributed by atoms with Gasteiger partial charge in [-0.05, 0) is 62.2 Å². The molecule has 0 spiro atoms. The quantitative estimate of drug-likeness (QED) is 0.137. The highest BCUT2D eigenvalue weighted by Gasteiger charge is 2.47. The lowest BCUT2D eigenvalue weighted by Gasteiger charge is -2.32. The van der Waals surface area contributed by atoms with Crippen LogP contribution in [0.4, 0.5) is 15.8 Å². The fourth-order valence-corrected chi connectivity index (χ4v) is 6.74. The Morgan fingerprint density at radius 1 is 0.923 bits per heavy atom. The molecule has 3 aromatic rings. The Balaban J connectivity index is 0.921. The minimum absolute atomic E-state index is 0.0682. The minimum atomic E-state index is -1.03. The number of nitrogens with zero attached hydrogens (tertiary/aromatic N) is 3. The number of ether oxygens (including phenoxy) is 2. The highest BCUT2D eigenvalue weighted by atomic mass is 19.1. The van der Waals surface area contributed by atoms with Crippen LogP contribution in [0.1, 0.15) is 66.4 Å². The van der Waals surface area contributed by atoms with Crippen LogP contribution in [0, 0.1) is 19.7 Å². The van der Waals surface area contributed by atoms with Crippen molar-refractivity contribution >= 4 is 58.5 Å². The van der Waals surface area contributed by atoms with Gasteiger partial charge in [0.2, 0.25) is 5.91 Å². The second-order valence-corrected chi connectivity index (χ2v) is 12.7. The van der Waals surface area contributed by atoms with Crippen molar-refractivity contribution in [2.75, 3.05) is 63.8 Å². The normalized spacial score (nSPS) is 17.8. The molecule has 4 heterocycles. The molecule has 1 atom stereocenters. The molecule has 1 unspecified atom stereocenters. The Hall–Kier alpha value is -5.67. The highest BCUT2D eigenvalue weighted by molar-refractivity contribution is 6.35. The van der Waals surface area contributed by atoms with Crippen molar-refractivity contribution in [1.29, 1.82) is 0 Å². The van der Waals surface area contributed by atoms with E-state index in [-0.39, 0.29) is 74.7 Å². The predicted octanol–water partition coefficient (Wildman–Crippen LogP) is 2.91. The molecule has 3 N–H and O–H groups in total. The van der Waals surface area contributed by atoms with Crippen molar-refractivity contribution in [3.8, 4) is 0 Å². The number of halogens is 1. The zero-order chi connectivity index (χ0) is 37.3. The molecule has 0 aliphatic carbocycles. The average Bonchev–Trinajstić information content (AvgIpc) is 3.64. The number of benzene rings is 2. The summed E-state index contributed by atoms with van der Waals surface area (Å²) in [4.78, 5) is 83.5. The van der Waals surface area contributed by atoms with E-state index in [1.54, 1.807) is 45.2 Å². The van der Waals surface area contributed by atoms with Crippen LogP contribution >= 0.6 is 0 Å². The number of fused-ring (bicyclic) bond motifs is 2. The molecule has 52 heavy (non-hydrogen) atoms. The van der Waals surface area contributed by atoms with E-state index in [0.717, 1.165) is 9.80 Å². The summed E-state index contributed by atoms with van der Waals surface area (Å²) in [6.45, 7) is 5.19. The minimum Gasteiger partial charge on any atom is -0.382 e. The van der Waals surface area contributed by atoms with E-state index in [1.807, 2.05) is 0 Å². The van der Waals surface area contributed by atoms with Crippen LogP contribution in [0.25, 0.3) is 11.6 Å². The summed E-state index contributed by atoms with van der Waals surface area (Å²) in [5.74, 6) is -3.08. The number of carbonyl (C=O) groups excluding carboxylic acids is 6. The van der Waals surface area contributed by atoms with Gasteiger partial charge in [0.25, 0.3) is 29.5 Å². The van der Waals surface area contributed by atoms with E-state index >= 15 is 0 Å². The lowest BCUT2D eigenvalue weighted by molar-refractivity contribution is -0.149. The van der Waals surface area contributed by atoms with Crippen LogP contribution < -0.4 is 15.5 Å². The number of hydrogen-bond acceptors (Lipinski definition) is 9. The second-order valence-electron chi connectivity index (χ2n) is 12.7. The molecule has 0 bridgehead atoms. The Bertz CT molecular complexity index is 2020. The molecule has 6 rings (SSSR count). The number of likely N-dealkylation sites (N-methyl/N-ethyl adjacent to an activating group) is 2. The summed E-state index contributed by atoms with van der Waals surface area (Å²) in [6, 6.07) is 8.04. The van der Waals surface area contributed by atoms with Gasteiger partial charge in [0.1, 0.15) is 11.9 Å². The van der Waals surface area contributed by atoms with Crippen molar-refractivity contribution in [2.24, 2.45) is 0 Å². The van der Waals surface area contributed by atoms with Crippen LogP contribution in [0.5, 0.6) is 0 Å². The van der Waals surface area contributed by atoms with E-state index in [0.29, 0.717) is 51.6 Å². The molecule has 272 valence electrons. The number of nitrogens with one attached hydrogen (secondary N) is 3. The van der Waals surface area contributed by atoms with E-state index < -0.39 is 29.6 Å². The Morgan fingerprint density at radius 3 is 2.40 bits per heavy atom. The molecular weight excluding hydrogens is 675 g/mol. The zero-order valence-electron chi connectivity index (χ0n) is 29.3. The standard InChI is InChI=1S/C37H39FN6O8/c1-20-27(19-25-24-18-22(38)8-9-28(24)42(3)34(25)47)41-21(2)31(20)33(46)40-13-15-52-17-16-51-14-12-39-26-7-5-6-23-32(26)37(50)44(35(23)48)29-10-11-30(45)43(4)36(29)49/h5-9,18-19,29,39,41H,10-17H2,1-4H3,(H,40,46)/b25-19-. The van der Waals surface area contributed by atoms with Gasteiger partial charge in [-0.15, -0.1) is 0 Å². The van der Waals surface area contributed by atoms with Crippen molar-refractivity contribution in [1.82, 2.24) is 20.1 Å². The maximum Gasteiger partial charge on any atom is 0.264 e. The molecule has 3 aliphatic rings. The van der Waals surface area contributed by atoms with Crippen LogP contribution in [-0.4, -0.2) is 110 Å². The van der Waals surface area contributed by atoms with Crippen molar-refractivity contribution in [3.05, 3.63) is 81.4 Å². The maximum absolute atomic E-state index is 14.0. The van der Waals surface area contributed by atoms with Gasteiger partial charge in [-0.1, -0.05) is 6.07 Å². The third kappa shape index (κ3) is 6.72. The molecule has 0 saturated carbocycles. The first-order valence-corrected chi connectivity index (χ1v) is 16.9. The lowest BCUT2D eigenvalue weighted by Crippen LogP contribution is -2.54. The Kier molecular flexibility index (Phi) is 10.4. The smallest absolute Gasteiger partial charge is 0.264 e. The van der Waals surface area contributed by atoms with Crippen molar-refractivity contribution in [2.45, 2.75) is 32.7 Å². The number of H-pyrrole nitrogens is 1. The number of aromatic nitrogens is 1. The molecular formula is C37H39FN6O8. The van der Waals surface area contributed by atoms with Gasteiger partial charge in [-0.25, -0.2) is 4.39 Å². The lowest BCUT2D eigenvalue weighted by atomic mass is 10.0. The van der Waals surface area contributed by atoms with Gasteiger partial charge in [0.05, 0.1) is 54.4 Å². The number of hydrogen-bond donors (Lipinski definition) is 3. The van der Waals surface area contributed by atoms with Crippen LogP contribution in [-0.2, 0) is 23.9 Å². The number of rotatable bonds is 13. The summed E-state index contributed by atoms with van der Waals surface area (Å²) in [5.41, 5.74) is 4.58. The topological polar surface area (TPSA) is 170 Å². The number of aromatic amines is 1. The van der Waals surface area contributed by atoms with E-state index in [4.69, 9.17) is 9.47 Å². The fourth-order valence-electron chi connectivity index (χ4n) is 6.74. The number of aryl methyl sites for hydroxylation is 1. The molecule has 2 aromatic carbocycles. The summed E-state index contributed by atoms with van der Waals surface area (Å²) >= 11 is 0. The first-order chi connectivity index (χ1) is 24.9. The van der Waals surface area contributed by atoms with E-state index in [2.05, 4.69) is 15.6 Å². The summed E-state index contributed by atoms with van der Waals surface area (Å²) in [6.07, 6.45) is 1.81. The summed E-state index contributed by atoms with van der Waals surface area (Å²) in [7, 11) is 2.98. The van der Waals surface area contributed by atoms with Gasteiger partial charge in [0.15, 0.2) is 0 Å². The molecule has 1 saturated heterocycles. The summed E-state index contributed by atoms with van der Waals surface area (Å²) < 4.78 is 25.2. The van der Waals surface area contributed by atoms with Crippen LogP contribution in [0.15, 0.2) is 36.4 Å². The number of imide groups is 2. The highest BCUT2D eigenvalue weighted by Crippen LogP contribution is 2.38. The first-order valence-electron chi connectivity index (χ1n) is 16.9. The third-order valence-corrected chi connectivity index (χ3v) is 9.48.